The van der Waals surface area contributed by atoms with E-state index in [2.05, 4.69) is 16.0 Å². The van der Waals surface area contributed by atoms with Gasteiger partial charge in [0, 0.05) is 51.2 Å². The van der Waals surface area contributed by atoms with Gasteiger partial charge in [0.2, 0.25) is 5.91 Å². The number of alkyl halides is 3. The minimum absolute atomic E-state index is 0.193. The number of amides is 1. The van der Waals surface area contributed by atoms with Gasteiger partial charge in [-0.25, -0.2) is 0 Å². The number of hydrogen-bond acceptors (Lipinski definition) is 4. The average molecular weight is 356 g/mol. The first-order valence-electron chi connectivity index (χ1n) is 8.56. The Kier molecular flexibility index (Phi) is 5.29. The topological polar surface area (TPSA) is 39.7 Å². The Morgan fingerprint density at radius 2 is 1.92 bits per heavy atom. The van der Waals surface area contributed by atoms with E-state index in [0.717, 1.165) is 30.2 Å². The molecule has 0 N–H and O–H groups in total. The van der Waals surface area contributed by atoms with Crippen LogP contribution >= 0.6 is 0 Å². The highest BCUT2D eigenvalue weighted by atomic mass is 19.4. The van der Waals surface area contributed by atoms with Crippen molar-refractivity contribution in [2.45, 2.75) is 32.1 Å². The molecule has 1 atom stereocenters. The van der Waals surface area contributed by atoms with Gasteiger partial charge in [-0.3, -0.25) is 19.6 Å². The summed E-state index contributed by atoms with van der Waals surface area (Å²) in [6, 6.07) is 3.58. The van der Waals surface area contributed by atoms with E-state index in [1.807, 2.05) is 17.9 Å². The molecule has 3 heterocycles. The third-order valence-electron chi connectivity index (χ3n) is 5.00. The number of nitrogens with zero attached hydrogens (tertiary/aromatic N) is 4. The van der Waals surface area contributed by atoms with Crippen molar-refractivity contribution in [2.24, 2.45) is 0 Å². The summed E-state index contributed by atoms with van der Waals surface area (Å²) in [4.78, 5) is 21.8. The van der Waals surface area contributed by atoms with Crippen molar-refractivity contribution in [2.75, 3.05) is 39.3 Å². The quantitative estimate of drug-likeness (QED) is 0.823. The lowest BCUT2D eigenvalue weighted by Gasteiger charge is -2.37. The van der Waals surface area contributed by atoms with E-state index >= 15 is 0 Å². The minimum Gasteiger partial charge on any atom is -0.332 e. The van der Waals surface area contributed by atoms with E-state index in [1.165, 1.54) is 5.56 Å². The fourth-order valence-corrected chi connectivity index (χ4v) is 3.59. The maximum Gasteiger partial charge on any atom is 0.406 e. The standard InChI is InChI=1S/C17H23F3N4O/c1-13-14(3-2-5-21-13)11-22-7-9-23(10-8-22)15-4-6-24(16(15)25)12-17(18,19)20/h2-3,5,15H,4,6-12H2,1H3. The zero-order valence-corrected chi connectivity index (χ0v) is 14.3. The molecule has 138 valence electrons. The van der Waals surface area contributed by atoms with Crippen LogP contribution in [0.1, 0.15) is 17.7 Å². The van der Waals surface area contributed by atoms with Crippen LogP contribution in [0.5, 0.6) is 0 Å². The molecule has 25 heavy (non-hydrogen) atoms. The zero-order chi connectivity index (χ0) is 18.0. The molecule has 8 heteroatoms. The lowest BCUT2D eigenvalue weighted by atomic mass is 10.1. The molecule has 5 nitrogen and oxygen atoms in total. The first kappa shape index (κ1) is 18.1. The molecule has 0 bridgehead atoms. The van der Waals surface area contributed by atoms with Crippen LogP contribution in [-0.2, 0) is 11.3 Å². The molecule has 0 spiro atoms. The minimum atomic E-state index is -4.33. The molecular weight excluding hydrogens is 333 g/mol. The first-order chi connectivity index (χ1) is 11.8. The second-order valence-electron chi connectivity index (χ2n) is 6.74. The van der Waals surface area contributed by atoms with Gasteiger partial charge in [-0.1, -0.05) is 6.07 Å². The number of halogens is 3. The summed E-state index contributed by atoms with van der Waals surface area (Å²) in [6.45, 7) is 4.87. The SMILES string of the molecule is Cc1ncccc1CN1CCN(C2CCN(CC(F)(F)F)C2=O)CC1. The summed E-state index contributed by atoms with van der Waals surface area (Å²) in [5.74, 6) is -0.381. The van der Waals surface area contributed by atoms with Gasteiger partial charge < -0.3 is 4.90 Å². The maximum absolute atomic E-state index is 12.5. The molecule has 1 amide bonds. The van der Waals surface area contributed by atoms with Gasteiger partial charge in [0.25, 0.3) is 0 Å². The molecule has 2 saturated heterocycles. The van der Waals surface area contributed by atoms with E-state index in [-0.39, 0.29) is 12.5 Å². The molecule has 1 aromatic heterocycles. The number of carbonyl (C=O) groups is 1. The second kappa shape index (κ2) is 7.29. The Labute approximate surface area is 145 Å². The fraction of sp³-hybridized carbons (Fsp3) is 0.647. The third kappa shape index (κ3) is 4.49. The Hall–Kier alpha value is -1.67. The third-order valence-corrected chi connectivity index (χ3v) is 5.00. The molecule has 1 unspecified atom stereocenters. The number of piperazine rings is 1. The molecule has 0 aromatic carbocycles. The van der Waals surface area contributed by atoms with Crippen molar-refractivity contribution in [1.29, 1.82) is 0 Å². The normalized spacial score (nSPS) is 23.4. The van der Waals surface area contributed by atoms with Crippen LogP contribution in [0.25, 0.3) is 0 Å². The highest BCUT2D eigenvalue weighted by molar-refractivity contribution is 5.84. The number of pyridine rings is 1. The van der Waals surface area contributed by atoms with Gasteiger partial charge in [-0.15, -0.1) is 0 Å². The van der Waals surface area contributed by atoms with Crippen molar-refractivity contribution >= 4 is 5.91 Å². The van der Waals surface area contributed by atoms with Crippen LogP contribution in [-0.4, -0.2) is 77.1 Å². The number of likely N-dealkylation sites (tertiary alicyclic amines) is 1. The van der Waals surface area contributed by atoms with E-state index in [9.17, 15) is 18.0 Å². The van der Waals surface area contributed by atoms with Crippen molar-refractivity contribution in [3.05, 3.63) is 29.6 Å². The summed E-state index contributed by atoms with van der Waals surface area (Å²) in [5.41, 5.74) is 2.20. The molecule has 2 aliphatic rings. The summed E-state index contributed by atoms with van der Waals surface area (Å²) in [7, 11) is 0. The van der Waals surface area contributed by atoms with Gasteiger partial charge in [0.1, 0.15) is 6.54 Å². The van der Waals surface area contributed by atoms with Crippen LogP contribution in [0.4, 0.5) is 13.2 Å². The highest BCUT2D eigenvalue weighted by Gasteiger charge is 2.41. The summed E-state index contributed by atoms with van der Waals surface area (Å²) < 4.78 is 37.6. The smallest absolute Gasteiger partial charge is 0.332 e. The van der Waals surface area contributed by atoms with E-state index in [4.69, 9.17) is 0 Å². The summed E-state index contributed by atoms with van der Waals surface area (Å²) in [5, 5.41) is 0. The Balaban J connectivity index is 1.51. The van der Waals surface area contributed by atoms with Crippen LogP contribution in [0.2, 0.25) is 0 Å². The monoisotopic (exact) mass is 356 g/mol. The van der Waals surface area contributed by atoms with Gasteiger partial charge >= 0.3 is 6.18 Å². The molecule has 3 rings (SSSR count). The molecule has 0 radical (unpaired) electrons. The molecule has 2 aliphatic heterocycles. The van der Waals surface area contributed by atoms with Gasteiger partial charge in [0.05, 0.1) is 6.04 Å². The lowest BCUT2D eigenvalue weighted by molar-refractivity contribution is -0.159. The fourth-order valence-electron chi connectivity index (χ4n) is 3.59. The number of rotatable bonds is 4. The van der Waals surface area contributed by atoms with Crippen LogP contribution < -0.4 is 0 Å². The Morgan fingerprint density at radius 1 is 1.20 bits per heavy atom. The number of carbonyl (C=O) groups excluding carboxylic acids is 1. The van der Waals surface area contributed by atoms with E-state index in [1.54, 1.807) is 6.20 Å². The van der Waals surface area contributed by atoms with Crippen molar-refractivity contribution in [3.8, 4) is 0 Å². The zero-order valence-electron chi connectivity index (χ0n) is 14.3. The van der Waals surface area contributed by atoms with Gasteiger partial charge in [-0.2, -0.15) is 13.2 Å². The number of aromatic nitrogens is 1. The van der Waals surface area contributed by atoms with Crippen molar-refractivity contribution < 1.29 is 18.0 Å². The average Bonchev–Trinajstić information content (AvgIpc) is 2.90. The predicted molar refractivity (Wildman–Crippen MR) is 86.9 cm³/mol. The number of hydrogen-bond donors (Lipinski definition) is 0. The number of aryl methyl sites for hydroxylation is 1. The molecule has 0 aliphatic carbocycles. The van der Waals surface area contributed by atoms with Crippen LogP contribution in [0, 0.1) is 6.92 Å². The Bertz CT molecular complexity index is 614. The summed E-state index contributed by atoms with van der Waals surface area (Å²) in [6.07, 6.45) is -2.07. The van der Waals surface area contributed by atoms with E-state index < -0.39 is 18.8 Å². The van der Waals surface area contributed by atoms with Crippen LogP contribution in [0.15, 0.2) is 18.3 Å². The van der Waals surface area contributed by atoms with Crippen LogP contribution in [0.3, 0.4) is 0 Å². The molecule has 0 saturated carbocycles. The summed E-state index contributed by atoms with van der Waals surface area (Å²) >= 11 is 0. The lowest BCUT2D eigenvalue weighted by Crippen LogP contribution is -2.52. The molecular formula is C17H23F3N4O. The maximum atomic E-state index is 12.5. The molecule has 1 aromatic rings. The Morgan fingerprint density at radius 3 is 2.56 bits per heavy atom. The molecule has 2 fully saturated rings. The van der Waals surface area contributed by atoms with Crippen molar-refractivity contribution in [3.63, 3.8) is 0 Å². The highest BCUT2D eigenvalue weighted by Crippen LogP contribution is 2.24. The van der Waals surface area contributed by atoms with Crippen molar-refractivity contribution in [1.82, 2.24) is 19.7 Å². The van der Waals surface area contributed by atoms with Gasteiger partial charge in [0.15, 0.2) is 0 Å². The second-order valence-corrected chi connectivity index (χ2v) is 6.74. The largest absolute Gasteiger partial charge is 0.406 e. The first-order valence-corrected chi connectivity index (χ1v) is 8.56. The van der Waals surface area contributed by atoms with E-state index in [0.29, 0.717) is 19.5 Å². The predicted octanol–water partition coefficient (Wildman–Crippen LogP) is 1.67. The van der Waals surface area contributed by atoms with Gasteiger partial charge in [-0.05, 0) is 25.0 Å².